The maximum absolute atomic E-state index is 13.8. The van der Waals surface area contributed by atoms with Crippen LogP contribution in [0.25, 0.3) is 10.9 Å². The number of aryl methyl sites for hydroxylation is 1. The molecule has 0 unspecified atom stereocenters. The number of aromatic carboxylic acids is 1. The average Bonchev–Trinajstić information content (AvgIpc) is 3.43. The molecule has 1 amide bonds. The van der Waals surface area contributed by atoms with E-state index >= 15 is 0 Å². The molecule has 1 aliphatic carbocycles. The normalized spacial score (nSPS) is 13.7. The van der Waals surface area contributed by atoms with Crippen molar-refractivity contribution in [3.63, 3.8) is 0 Å². The van der Waals surface area contributed by atoms with E-state index in [1.807, 2.05) is 0 Å². The van der Waals surface area contributed by atoms with E-state index in [1.165, 1.54) is 23.1 Å². The smallest absolute Gasteiger partial charge is 0.339 e. The second kappa shape index (κ2) is 6.74. The highest BCUT2D eigenvalue weighted by molar-refractivity contribution is 6.06. The van der Waals surface area contributed by atoms with Gasteiger partial charge in [-0.05, 0) is 50.1 Å². The Balaban J connectivity index is 1.68. The van der Waals surface area contributed by atoms with Gasteiger partial charge in [-0.1, -0.05) is 0 Å². The molecule has 1 saturated carbocycles. The van der Waals surface area contributed by atoms with Crippen LogP contribution in [0, 0.1) is 12.7 Å². The number of fused-ring (bicyclic) bond motifs is 1. The molecule has 1 fully saturated rings. The number of amides is 1. The minimum absolute atomic E-state index is 0.0725. The third kappa shape index (κ3) is 3.35. The van der Waals surface area contributed by atoms with Gasteiger partial charge in [0.25, 0.3) is 5.91 Å². The monoisotopic (exact) mass is 382 g/mol. The highest BCUT2D eigenvalue weighted by Crippen LogP contribution is 2.40. The van der Waals surface area contributed by atoms with Gasteiger partial charge in [0.1, 0.15) is 22.9 Å². The molecule has 6 nitrogen and oxygen atoms in total. The molecule has 0 saturated heterocycles. The van der Waals surface area contributed by atoms with Crippen molar-refractivity contribution in [1.82, 2.24) is 9.88 Å². The van der Waals surface area contributed by atoms with Crippen LogP contribution in [0.2, 0.25) is 0 Å². The maximum Gasteiger partial charge on any atom is 0.339 e. The number of furan rings is 1. The third-order valence-electron chi connectivity index (χ3n) is 4.96. The first-order valence-corrected chi connectivity index (χ1v) is 9.01. The molecule has 0 atom stereocenters. The van der Waals surface area contributed by atoms with Crippen LogP contribution in [-0.2, 0) is 6.54 Å². The Morgan fingerprint density at radius 1 is 1.25 bits per heavy atom. The molecule has 1 N–H and O–H groups in total. The SMILES string of the molecule is Cc1oc(CN(C)C(=O)c2cc(C3CC3)nc3ccc(F)cc23)cc1C(=O)O. The second-order valence-corrected chi connectivity index (χ2v) is 7.18. The van der Waals surface area contributed by atoms with Crippen molar-refractivity contribution in [1.29, 1.82) is 0 Å². The van der Waals surface area contributed by atoms with Crippen molar-refractivity contribution < 1.29 is 23.5 Å². The second-order valence-electron chi connectivity index (χ2n) is 7.18. The molecule has 1 aliphatic rings. The first kappa shape index (κ1) is 18.2. The lowest BCUT2D eigenvalue weighted by molar-refractivity contribution is 0.0694. The fourth-order valence-electron chi connectivity index (χ4n) is 3.33. The molecule has 3 aromatic rings. The minimum atomic E-state index is -1.08. The predicted molar refractivity (Wildman–Crippen MR) is 99.9 cm³/mol. The Hall–Kier alpha value is -3.22. The number of carbonyl (C=O) groups is 2. The van der Waals surface area contributed by atoms with Crippen LogP contribution in [0.4, 0.5) is 4.39 Å². The van der Waals surface area contributed by atoms with E-state index in [9.17, 15) is 14.0 Å². The highest BCUT2D eigenvalue weighted by atomic mass is 19.1. The summed E-state index contributed by atoms with van der Waals surface area (Å²) in [5.74, 6) is -0.805. The Labute approximate surface area is 160 Å². The van der Waals surface area contributed by atoms with Crippen LogP contribution in [0.1, 0.15) is 56.7 Å². The number of halogens is 1. The van der Waals surface area contributed by atoms with Gasteiger partial charge in [-0.2, -0.15) is 0 Å². The summed E-state index contributed by atoms with van der Waals surface area (Å²) in [4.78, 5) is 30.3. The zero-order chi connectivity index (χ0) is 20.0. The zero-order valence-corrected chi connectivity index (χ0v) is 15.5. The van der Waals surface area contributed by atoms with E-state index < -0.39 is 11.8 Å². The largest absolute Gasteiger partial charge is 0.478 e. The van der Waals surface area contributed by atoms with E-state index in [4.69, 9.17) is 9.52 Å². The molecule has 2 aromatic heterocycles. The number of nitrogens with zero attached hydrogens (tertiary/aromatic N) is 2. The van der Waals surface area contributed by atoms with E-state index in [-0.39, 0.29) is 23.8 Å². The summed E-state index contributed by atoms with van der Waals surface area (Å²) < 4.78 is 19.3. The summed E-state index contributed by atoms with van der Waals surface area (Å²) in [7, 11) is 1.60. The standard InChI is InChI=1S/C21H19FN2O4/c1-11-15(21(26)27)8-14(28-11)10-24(2)20(25)17-9-19(12-3-4-12)23-18-6-5-13(22)7-16(17)18/h5-9,12H,3-4,10H2,1-2H3,(H,26,27). The number of carboxylic acid groups (broad SMARTS) is 1. The number of benzene rings is 1. The molecule has 0 radical (unpaired) electrons. The van der Waals surface area contributed by atoms with Gasteiger partial charge in [0.05, 0.1) is 17.6 Å². The lowest BCUT2D eigenvalue weighted by Gasteiger charge is -2.18. The molecule has 4 rings (SSSR count). The van der Waals surface area contributed by atoms with Crippen molar-refractivity contribution in [3.05, 3.63) is 64.5 Å². The van der Waals surface area contributed by atoms with Crippen LogP contribution in [0.5, 0.6) is 0 Å². The van der Waals surface area contributed by atoms with Crippen LogP contribution >= 0.6 is 0 Å². The summed E-state index contributed by atoms with van der Waals surface area (Å²) in [6, 6.07) is 7.40. The van der Waals surface area contributed by atoms with Gasteiger partial charge >= 0.3 is 5.97 Å². The first-order valence-electron chi connectivity index (χ1n) is 9.01. The number of hydrogen-bond donors (Lipinski definition) is 1. The summed E-state index contributed by atoms with van der Waals surface area (Å²) in [6.45, 7) is 1.67. The summed E-state index contributed by atoms with van der Waals surface area (Å²) in [5, 5.41) is 9.61. The molecule has 7 heteroatoms. The first-order chi connectivity index (χ1) is 13.3. The maximum atomic E-state index is 13.8. The van der Waals surface area contributed by atoms with Crippen LogP contribution in [0.3, 0.4) is 0 Å². The number of carbonyl (C=O) groups excluding carboxylic acids is 1. The molecule has 1 aromatic carbocycles. The predicted octanol–water partition coefficient (Wildman–Crippen LogP) is 4.12. The number of aromatic nitrogens is 1. The van der Waals surface area contributed by atoms with Crippen molar-refractivity contribution >= 4 is 22.8 Å². The summed E-state index contributed by atoms with van der Waals surface area (Å²) in [5.41, 5.74) is 1.89. The lowest BCUT2D eigenvalue weighted by Crippen LogP contribution is -2.26. The molecule has 0 bridgehead atoms. The Bertz CT molecular complexity index is 1100. The fourth-order valence-corrected chi connectivity index (χ4v) is 3.33. The van der Waals surface area contributed by atoms with Gasteiger partial charge in [-0.3, -0.25) is 9.78 Å². The lowest BCUT2D eigenvalue weighted by atomic mass is 10.0. The molecular formula is C21H19FN2O4. The van der Waals surface area contributed by atoms with Gasteiger partial charge in [0.2, 0.25) is 0 Å². The van der Waals surface area contributed by atoms with Crippen molar-refractivity contribution in [2.24, 2.45) is 0 Å². The molecule has 2 heterocycles. The topological polar surface area (TPSA) is 83.6 Å². The Morgan fingerprint density at radius 2 is 2.00 bits per heavy atom. The minimum Gasteiger partial charge on any atom is -0.478 e. The Morgan fingerprint density at radius 3 is 2.64 bits per heavy atom. The van der Waals surface area contributed by atoms with Gasteiger partial charge in [-0.25, -0.2) is 9.18 Å². The average molecular weight is 382 g/mol. The van der Waals surface area contributed by atoms with E-state index in [2.05, 4.69) is 4.98 Å². The molecule has 144 valence electrons. The zero-order valence-electron chi connectivity index (χ0n) is 15.5. The van der Waals surface area contributed by atoms with Crippen molar-refractivity contribution in [2.75, 3.05) is 7.05 Å². The molecular weight excluding hydrogens is 363 g/mol. The quantitative estimate of drug-likeness (QED) is 0.718. The highest BCUT2D eigenvalue weighted by Gasteiger charge is 2.28. The van der Waals surface area contributed by atoms with Crippen LogP contribution < -0.4 is 0 Å². The van der Waals surface area contributed by atoms with Crippen LogP contribution in [0.15, 0.2) is 34.7 Å². The fraction of sp³-hybridized carbons (Fsp3) is 0.286. The molecule has 0 spiro atoms. The molecule has 28 heavy (non-hydrogen) atoms. The summed E-state index contributed by atoms with van der Waals surface area (Å²) >= 11 is 0. The van der Waals surface area contributed by atoms with E-state index in [1.54, 1.807) is 26.1 Å². The number of hydrogen-bond acceptors (Lipinski definition) is 4. The van der Waals surface area contributed by atoms with Gasteiger partial charge in [-0.15, -0.1) is 0 Å². The van der Waals surface area contributed by atoms with Gasteiger partial charge in [0, 0.05) is 24.0 Å². The Kier molecular flexibility index (Phi) is 4.37. The van der Waals surface area contributed by atoms with Gasteiger partial charge in [0.15, 0.2) is 0 Å². The summed E-state index contributed by atoms with van der Waals surface area (Å²) in [6.07, 6.45) is 2.07. The van der Waals surface area contributed by atoms with E-state index in [0.29, 0.717) is 28.1 Å². The number of rotatable bonds is 5. The van der Waals surface area contributed by atoms with Crippen molar-refractivity contribution in [3.8, 4) is 0 Å². The van der Waals surface area contributed by atoms with Gasteiger partial charge < -0.3 is 14.4 Å². The number of carboxylic acids is 1. The number of pyridine rings is 1. The molecule has 0 aliphatic heterocycles. The van der Waals surface area contributed by atoms with E-state index in [0.717, 1.165) is 18.5 Å². The van der Waals surface area contributed by atoms with Crippen LogP contribution in [-0.4, -0.2) is 33.9 Å². The third-order valence-corrected chi connectivity index (χ3v) is 4.96. The van der Waals surface area contributed by atoms with Crippen molar-refractivity contribution in [2.45, 2.75) is 32.2 Å².